The van der Waals surface area contributed by atoms with Gasteiger partial charge in [0.2, 0.25) is 0 Å². The maximum absolute atomic E-state index is 10.2. The van der Waals surface area contributed by atoms with Gasteiger partial charge in [0.15, 0.2) is 34.9 Å². The first-order valence-electron chi connectivity index (χ1n) is 18.4. The molecule has 0 amide bonds. The smallest absolute Gasteiger partial charge is 0.164 e. The molecule has 0 fully saturated rings. The molecule has 0 spiro atoms. The molecule has 0 N–H and O–H groups in total. The molecular formula is C49H29N7O. The second kappa shape index (κ2) is 14.3. The summed E-state index contributed by atoms with van der Waals surface area (Å²) < 4.78 is 6.43. The molecule has 0 bridgehead atoms. The van der Waals surface area contributed by atoms with Crippen molar-refractivity contribution in [1.82, 2.24) is 29.9 Å². The summed E-state index contributed by atoms with van der Waals surface area (Å²) in [6.45, 7) is 0. The minimum absolute atomic E-state index is 0.479. The number of fused-ring (bicyclic) bond motifs is 3. The number of hydrogen-bond acceptors (Lipinski definition) is 8. The molecule has 266 valence electrons. The monoisotopic (exact) mass is 731 g/mol. The van der Waals surface area contributed by atoms with Crippen molar-refractivity contribution < 1.29 is 4.42 Å². The summed E-state index contributed by atoms with van der Waals surface area (Å²) in [6.07, 6.45) is 0. The highest BCUT2D eigenvalue weighted by molar-refractivity contribution is 6.07. The van der Waals surface area contributed by atoms with Crippen LogP contribution in [0, 0.1) is 11.3 Å². The maximum Gasteiger partial charge on any atom is 0.164 e. The fourth-order valence-electron chi connectivity index (χ4n) is 6.96. The minimum Gasteiger partial charge on any atom is -0.456 e. The fraction of sp³-hybridized carbons (Fsp3) is 0. The summed E-state index contributed by atoms with van der Waals surface area (Å²) in [5.41, 5.74) is 8.81. The third-order valence-corrected chi connectivity index (χ3v) is 9.78. The zero-order valence-corrected chi connectivity index (χ0v) is 30.3. The Morgan fingerprint density at radius 1 is 0.316 bits per heavy atom. The Kier molecular flexibility index (Phi) is 8.36. The number of nitriles is 1. The molecule has 0 saturated heterocycles. The lowest BCUT2D eigenvalue weighted by molar-refractivity contribution is 0.669. The Morgan fingerprint density at radius 2 is 0.737 bits per heavy atom. The van der Waals surface area contributed by atoms with Gasteiger partial charge in [0.25, 0.3) is 0 Å². The molecule has 7 aromatic carbocycles. The molecule has 57 heavy (non-hydrogen) atoms. The van der Waals surface area contributed by atoms with Crippen molar-refractivity contribution in [3.05, 3.63) is 181 Å². The molecule has 0 saturated carbocycles. The average molecular weight is 732 g/mol. The van der Waals surface area contributed by atoms with Gasteiger partial charge in [-0.05, 0) is 53.6 Å². The van der Waals surface area contributed by atoms with Gasteiger partial charge in [-0.2, -0.15) is 5.26 Å². The van der Waals surface area contributed by atoms with E-state index in [9.17, 15) is 5.26 Å². The van der Waals surface area contributed by atoms with Crippen LogP contribution in [-0.2, 0) is 0 Å². The lowest BCUT2D eigenvalue weighted by Gasteiger charge is -2.10. The largest absolute Gasteiger partial charge is 0.456 e. The van der Waals surface area contributed by atoms with Gasteiger partial charge in [0.1, 0.15) is 11.2 Å². The highest BCUT2D eigenvalue weighted by Gasteiger charge is 2.17. The zero-order chi connectivity index (χ0) is 38.1. The third-order valence-electron chi connectivity index (χ3n) is 9.78. The fourth-order valence-corrected chi connectivity index (χ4v) is 6.96. The molecule has 0 aliphatic carbocycles. The van der Waals surface area contributed by atoms with Crippen LogP contribution in [0.4, 0.5) is 0 Å². The van der Waals surface area contributed by atoms with E-state index in [1.165, 1.54) is 0 Å². The topological polar surface area (TPSA) is 114 Å². The lowest BCUT2D eigenvalue weighted by atomic mass is 9.98. The Balaban J connectivity index is 1.06. The minimum atomic E-state index is 0.479. The van der Waals surface area contributed by atoms with Crippen LogP contribution in [0.25, 0.3) is 101 Å². The van der Waals surface area contributed by atoms with E-state index < -0.39 is 0 Å². The number of rotatable bonds is 7. The van der Waals surface area contributed by atoms with Crippen molar-refractivity contribution in [2.24, 2.45) is 0 Å². The van der Waals surface area contributed by atoms with E-state index in [1.54, 1.807) is 0 Å². The molecule has 8 nitrogen and oxygen atoms in total. The lowest BCUT2D eigenvalue weighted by Crippen LogP contribution is -2.00. The first kappa shape index (κ1) is 33.4. The van der Waals surface area contributed by atoms with Gasteiger partial charge < -0.3 is 4.42 Å². The summed E-state index contributed by atoms with van der Waals surface area (Å²) in [5, 5.41) is 12.1. The van der Waals surface area contributed by atoms with Gasteiger partial charge in [-0.25, -0.2) is 29.9 Å². The van der Waals surface area contributed by atoms with Crippen molar-refractivity contribution in [3.63, 3.8) is 0 Å². The van der Waals surface area contributed by atoms with Crippen LogP contribution in [0.2, 0.25) is 0 Å². The molecule has 8 heteroatoms. The average Bonchev–Trinajstić information content (AvgIpc) is 3.67. The van der Waals surface area contributed by atoms with E-state index in [0.717, 1.165) is 55.3 Å². The highest BCUT2D eigenvalue weighted by Crippen LogP contribution is 2.36. The Labute approximate surface area is 327 Å². The SMILES string of the molecule is N#Cc1cc(-c2ccc3oc4cc(-c5nc(-c6ccccc6)nc(-c6ccccc6)n5)ccc4c3c2)cc(-c2nc(-c3ccccc3)nc(-c3ccccc3)n2)c1. The molecule has 0 atom stereocenters. The van der Waals surface area contributed by atoms with Crippen LogP contribution in [0.1, 0.15) is 5.56 Å². The van der Waals surface area contributed by atoms with Crippen molar-refractivity contribution in [1.29, 1.82) is 5.26 Å². The van der Waals surface area contributed by atoms with E-state index >= 15 is 0 Å². The van der Waals surface area contributed by atoms with Gasteiger partial charge in [-0.1, -0.05) is 133 Å². The molecule has 0 unspecified atom stereocenters. The summed E-state index contributed by atoms with van der Waals surface area (Å²) >= 11 is 0. The molecule has 0 aliphatic rings. The molecule has 3 heterocycles. The van der Waals surface area contributed by atoms with E-state index in [4.69, 9.17) is 34.3 Å². The first-order valence-corrected chi connectivity index (χ1v) is 18.4. The van der Waals surface area contributed by atoms with Crippen molar-refractivity contribution in [3.8, 4) is 85.5 Å². The van der Waals surface area contributed by atoms with Crippen molar-refractivity contribution in [2.75, 3.05) is 0 Å². The molecular weight excluding hydrogens is 703 g/mol. The predicted octanol–water partition coefficient (Wildman–Crippen LogP) is 11.5. The van der Waals surface area contributed by atoms with Crippen LogP contribution in [0.3, 0.4) is 0 Å². The van der Waals surface area contributed by atoms with E-state index in [2.05, 4.69) is 12.1 Å². The van der Waals surface area contributed by atoms with Crippen LogP contribution in [-0.4, -0.2) is 29.9 Å². The maximum atomic E-state index is 10.2. The van der Waals surface area contributed by atoms with Crippen molar-refractivity contribution >= 4 is 21.9 Å². The molecule has 3 aromatic heterocycles. The number of nitrogens with zero attached hydrogens (tertiary/aromatic N) is 7. The highest BCUT2D eigenvalue weighted by atomic mass is 16.3. The molecule has 0 radical (unpaired) electrons. The van der Waals surface area contributed by atoms with E-state index in [-0.39, 0.29) is 0 Å². The summed E-state index contributed by atoms with van der Waals surface area (Å²) in [4.78, 5) is 29.3. The Hall–Kier alpha value is -8.15. The van der Waals surface area contributed by atoms with E-state index in [0.29, 0.717) is 51.7 Å². The van der Waals surface area contributed by atoms with Crippen molar-refractivity contribution in [2.45, 2.75) is 0 Å². The molecule has 0 aliphatic heterocycles. The van der Waals surface area contributed by atoms with Crippen LogP contribution < -0.4 is 0 Å². The summed E-state index contributed by atoms with van der Waals surface area (Å²) in [7, 11) is 0. The van der Waals surface area contributed by atoms with E-state index in [1.807, 2.05) is 170 Å². The van der Waals surface area contributed by atoms with Gasteiger partial charge in [-0.15, -0.1) is 0 Å². The van der Waals surface area contributed by atoms with Gasteiger partial charge in [0.05, 0.1) is 11.6 Å². The number of furan rings is 1. The predicted molar refractivity (Wildman–Crippen MR) is 223 cm³/mol. The quantitative estimate of drug-likeness (QED) is 0.159. The van der Waals surface area contributed by atoms with Gasteiger partial charge in [0, 0.05) is 44.2 Å². The zero-order valence-electron chi connectivity index (χ0n) is 30.3. The summed E-state index contributed by atoms with van der Waals surface area (Å²) in [5.74, 6) is 3.33. The standard InChI is InChI=1S/C49H29N7O/c50-30-31-25-38(27-39(26-31)49-55-46(34-17-9-3-10-18-34)52-47(56-49)35-19-11-4-12-20-35)36-22-24-42-41(28-36)40-23-21-37(29-43(40)57-42)48-53-44(32-13-5-1-6-14-32)51-45(54-48)33-15-7-2-8-16-33/h1-29H. The second-order valence-corrected chi connectivity index (χ2v) is 13.5. The second-order valence-electron chi connectivity index (χ2n) is 13.5. The summed E-state index contributed by atoms with van der Waals surface area (Å²) in [6, 6.07) is 59.7. The number of benzene rings is 7. The number of hydrogen-bond donors (Lipinski definition) is 0. The Bertz CT molecular complexity index is 3010. The number of aromatic nitrogens is 6. The normalized spacial score (nSPS) is 11.1. The van der Waals surface area contributed by atoms with Crippen LogP contribution in [0.15, 0.2) is 180 Å². The van der Waals surface area contributed by atoms with Gasteiger partial charge in [-0.3, -0.25) is 0 Å². The third kappa shape index (κ3) is 6.56. The molecule has 10 rings (SSSR count). The Morgan fingerprint density at radius 3 is 1.21 bits per heavy atom. The van der Waals surface area contributed by atoms with Gasteiger partial charge >= 0.3 is 0 Å². The van der Waals surface area contributed by atoms with Crippen LogP contribution in [0.5, 0.6) is 0 Å². The molecule has 10 aromatic rings. The van der Waals surface area contributed by atoms with Crippen LogP contribution >= 0.6 is 0 Å². The first-order chi connectivity index (χ1) is 28.1.